The molecule has 1 amide bonds. The van der Waals surface area contributed by atoms with Crippen LogP contribution in [0.4, 0.5) is 0 Å². The molecule has 152 valence electrons. The van der Waals surface area contributed by atoms with Crippen molar-refractivity contribution in [2.75, 3.05) is 13.7 Å². The number of sulfonamides is 1. The van der Waals surface area contributed by atoms with Crippen LogP contribution < -0.4 is 10.0 Å². The van der Waals surface area contributed by atoms with Crippen LogP contribution in [0.5, 0.6) is 0 Å². The summed E-state index contributed by atoms with van der Waals surface area (Å²) < 4.78 is 37.4. The van der Waals surface area contributed by atoms with Crippen LogP contribution in [0, 0.1) is 0 Å². The van der Waals surface area contributed by atoms with E-state index in [-0.39, 0.29) is 12.4 Å². The van der Waals surface area contributed by atoms with E-state index in [9.17, 15) is 18.0 Å². The van der Waals surface area contributed by atoms with Crippen molar-refractivity contribution >= 4 is 21.9 Å². The second-order valence-corrected chi connectivity index (χ2v) is 8.85. The summed E-state index contributed by atoms with van der Waals surface area (Å²) in [5.74, 6) is -1.58. The van der Waals surface area contributed by atoms with Gasteiger partial charge in [0, 0.05) is 0 Å². The van der Waals surface area contributed by atoms with Gasteiger partial charge in [0.05, 0.1) is 25.1 Å². The van der Waals surface area contributed by atoms with E-state index in [4.69, 9.17) is 4.74 Å². The number of rotatable bonds is 9. The molecule has 0 spiro atoms. The van der Waals surface area contributed by atoms with Crippen LogP contribution in [-0.4, -0.2) is 51.7 Å². The molecule has 9 heteroatoms. The fourth-order valence-corrected chi connectivity index (χ4v) is 3.42. The van der Waals surface area contributed by atoms with Crippen molar-refractivity contribution in [2.24, 2.45) is 0 Å². The molecule has 0 radical (unpaired) electrons. The number of nitrogens with one attached hydrogen (secondary N) is 2. The Kier molecular flexibility index (Phi) is 8.39. The van der Waals surface area contributed by atoms with Gasteiger partial charge < -0.3 is 14.8 Å². The summed E-state index contributed by atoms with van der Waals surface area (Å²) in [6, 6.07) is 6.50. The molecular formula is C18H28N2O6S. The first kappa shape index (κ1) is 23.1. The highest BCUT2D eigenvalue weighted by Crippen LogP contribution is 2.09. The van der Waals surface area contributed by atoms with Crippen molar-refractivity contribution in [1.29, 1.82) is 0 Å². The lowest BCUT2D eigenvalue weighted by Gasteiger charge is -2.25. The van der Waals surface area contributed by atoms with Crippen molar-refractivity contribution in [2.45, 2.75) is 51.1 Å². The first-order valence-electron chi connectivity index (χ1n) is 8.49. The number of carbonyl (C=O) groups is 2. The minimum Gasteiger partial charge on any atom is -0.467 e. The average Bonchev–Trinajstić information content (AvgIpc) is 2.57. The Bertz CT molecular complexity index is 728. The van der Waals surface area contributed by atoms with E-state index in [0.29, 0.717) is 5.56 Å². The third-order valence-corrected chi connectivity index (χ3v) is 4.79. The molecule has 0 aliphatic carbocycles. The third-order valence-electron chi connectivity index (χ3n) is 3.43. The predicted octanol–water partition coefficient (Wildman–Crippen LogP) is 0.967. The van der Waals surface area contributed by atoms with Gasteiger partial charge in [0.1, 0.15) is 12.1 Å². The standard InChI is InChI=1S/C18H28N2O6S/c1-13(17(22)25-5)19-16(21)15(11-26-18(2,3)4)20-27(23,24)12-14-9-7-6-8-10-14/h6-10,13,15,20H,11-12H2,1-5H3,(H,19,21)/t13-,15+/m0/s1. The van der Waals surface area contributed by atoms with Gasteiger partial charge in [0.2, 0.25) is 15.9 Å². The molecule has 2 atom stereocenters. The molecule has 1 rings (SSSR count). The molecule has 0 aliphatic heterocycles. The molecule has 8 nitrogen and oxygen atoms in total. The highest BCUT2D eigenvalue weighted by atomic mass is 32.2. The molecule has 1 aromatic carbocycles. The minimum absolute atomic E-state index is 0.183. The largest absolute Gasteiger partial charge is 0.467 e. The highest BCUT2D eigenvalue weighted by molar-refractivity contribution is 7.88. The number of ether oxygens (including phenoxy) is 2. The number of hydrogen-bond acceptors (Lipinski definition) is 6. The van der Waals surface area contributed by atoms with Crippen LogP contribution in [0.1, 0.15) is 33.3 Å². The van der Waals surface area contributed by atoms with Crippen LogP contribution in [0.3, 0.4) is 0 Å². The molecule has 0 heterocycles. The fraction of sp³-hybridized carbons (Fsp3) is 0.556. The van der Waals surface area contributed by atoms with Crippen molar-refractivity contribution in [3.63, 3.8) is 0 Å². The van der Waals surface area contributed by atoms with Gasteiger partial charge in [-0.15, -0.1) is 0 Å². The number of benzene rings is 1. The van der Waals surface area contributed by atoms with Crippen LogP contribution in [0.15, 0.2) is 30.3 Å². The Hall–Kier alpha value is -1.97. The zero-order chi connectivity index (χ0) is 20.7. The topological polar surface area (TPSA) is 111 Å². The van der Waals surface area contributed by atoms with Gasteiger partial charge in [-0.3, -0.25) is 4.79 Å². The summed E-state index contributed by atoms with van der Waals surface area (Å²) in [5.41, 5.74) is 0.0148. The van der Waals surface area contributed by atoms with Gasteiger partial charge >= 0.3 is 5.97 Å². The number of hydrogen-bond donors (Lipinski definition) is 2. The maximum Gasteiger partial charge on any atom is 0.328 e. The SMILES string of the molecule is COC(=O)[C@H](C)NC(=O)[C@@H](COC(C)(C)C)NS(=O)(=O)Cc1ccccc1. The first-order valence-corrected chi connectivity index (χ1v) is 10.1. The lowest BCUT2D eigenvalue weighted by molar-refractivity contribution is -0.145. The Labute approximate surface area is 160 Å². The molecule has 2 N–H and O–H groups in total. The molecule has 0 unspecified atom stereocenters. The van der Waals surface area contributed by atoms with E-state index in [0.717, 1.165) is 0 Å². The van der Waals surface area contributed by atoms with Gasteiger partial charge in [-0.2, -0.15) is 0 Å². The summed E-state index contributed by atoms with van der Waals surface area (Å²) in [7, 11) is -2.61. The van der Waals surface area contributed by atoms with Gasteiger partial charge in [-0.05, 0) is 33.3 Å². The van der Waals surface area contributed by atoms with E-state index in [1.807, 2.05) is 0 Å². The van der Waals surface area contributed by atoms with E-state index >= 15 is 0 Å². The molecule has 0 saturated heterocycles. The molecular weight excluding hydrogens is 372 g/mol. The molecule has 0 aliphatic rings. The van der Waals surface area contributed by atoms with Gasteiger partial charge in [0.25, 0.3) is 0 Å². The van der Waals surface area contributed by atoms with Crippen LogP contribution >= 0.6 is 0 Å². The van der Waals surface area contributed by atoms with E-state index in [1.54, 1.807) is 51.1 Å². The maximum absolute atomic E-state index is 12.5. The van der Waals surface area contributed by atoms with Crippen molar-refractivity contribution in [3.8, 4) is 0 Å². The Balaban J connectivity index is 2.89. The van der Waals surface area contributed by atoms with Crippen LogP contribution in [-0.2, 0) is 34.8 Å². The summed E-state index contributed by atoms with van der Waals surface area (Å²) in [4.78, 5) is 24.0. The van der Waals surface area contributed by atoms with Gasteiger partial charge in [-0.25, -0.2) is 17.9 Å². The fourth-order valence-electron chi connectivity index (χ4n) is 2.10. The molecule has 0 bridgehead atoms. The van der Waals surface area contributed by atoms with E-state index in [1.165, 1.54) is 14.0 Å². The minimum atomic E-state index is -3.82. The second-order valence-electron chi connectivity index (χ2n) is 7.09. The number of esters is 1. The lowest BCUT2D eigenvalue weighted by atomic mass is 10.2. The Morgan fingerprint density at radius 2 is 1.74 bits per heavy atom. The number of carbonyl (C=O) groups excluding carboxylic acids is 2. The van der Waals surface area contributed by atoms with Gasteiger partial charge in [0.15, 0.2) is 0 Å². The quantitative estimate of drug-likeness (QED) is 0.598. The van der Waals surface area contributed by atoms with E-state index < -0.39 is 39.6 Å². The van der Waals surface area contributed by atoms with Crippen molar-refractivity contribution in [1.82, 2.24) is 10.0 Å². The summed E-state index contributed by atoms with van der Waals surface area (Å²) >= 11 is 0. The third kappa shape index (κ3) is 8.98. The summed E-state index contributed by atoms with van der Waals surface area (Å²) in [6.07, 6.45) is 0. The van der Waals surface area contributed by atoms with Gasteiger partial charge in [-0.1, -0.05) is 30.3 Å². The predicted molar refractivity (Wildman–Crippen MR) is 101 cm³/mol. The zero-order valence-electron chi connectivity index (χ0n) is 16.3. The normalized spacial score (nSPS) is 14.3. The molecule has 27 heavy (non-hydrogen) atoms. The smallest absolute Gasteiger partial charge is 0.328 e. The molecule has 0 fully saturated rings. The lowest BCUT2D eigenvalue weighted by Crippen LogP contribution is -2.53. The van der Waals surface area contributed by atoms with E-state index in [2.05, 4.69) is 14.8 Å². The van der Waals surface area contributed by atoms with Crippen LogP contribution in [0.2, 0.25) is 0 Å². The number of amides is 1. The van der Waals surface area contributed by atoms with Crippen molar-refractivity contribution < 1.29 is 27.5 Å². The molecule has 0 saturated carbocycles. The average molecular weight is 400 g/mol. The van der Waals surface area contributed by atoms with Crippen molar-refractivity contribution in [3.05, 3.63) is 35.9 Å². The highest BCUT2D eigenvalue weighted by Gasteiger charge is 2.29. The summed E-state index contributed by atoms with van der Waals surface area (Å²) in [6.45, 7) is 6.63. The monoisotopic (exact) mass is 400 g/mol. The molecule has 1 aromatic rings. The summed E-state index contributed by atoms with van der Waals surface area (Å²) in [5, 5.41) is 2.43. The first-order chi connectivity index (χ1) is 12.4. The van der Waals surface area contributed by atoms with Crippen LogP contribution in [0.25, 0.3) is 0 Å². The molecule has 0 aromatic heterocycles. The Morgan fingerprint density at radius 3 is 2.26 bits per heavy atom. The zero-order valence-corrected chi connectivity index (χ0v) is 17.1. The maximum atomic E-state index is 12.5. The second kappa shape index (κ2) is 9.82. The Morgan fingerprint density at radius 1 is 1.15 bits per heavy atom. The number of methoxy groups -OCH3 is 1.